The number of nitrogens with zero attached hydrogens (tertiary/aromatic N) is 1. The first-order chi connectivity index (χ1) is 10.2. The van der Waals surface area contributed by atoms with E-state index in [1.54, 1.807) is 5.51 Å². The molecule has 8 heteroatoms. The average Bonchev–Trinajstić information content (AvgIpc) is 3.13. The predicted molar refractivity (Wildman–Crippen MR) is 81.1 cm³/mol. The zero-order valence-corrected chi connectivity index (χ0v) is 12.9. The zero-order valence-electron chi connectivity index (χ0n) is 11.3. The number of thiazole rings is 1. The molecule has 6 nitrogen and oxygen atoms in total. The molecule has 0 fully saturated rings. The fraction of sp³-hybridized carbons (Fsp3) is 0.308. The van der Waals surface area contributed by atoms with Gasteiger partial charge in [0.15, 0.2) is 0 Å². The summed E-state index contributed by atoms with van der Waals surface area (Å²) in [6, 6.07) is 0. The van der Waals surface area contributed by atoms with Crippen LogP contribution in [0.3, 0.4) is 0 Å². The first-order valence-corrected chi connectivity index (χ1v) is 8.03. The molecule has 0 bridgehead atoms. The van der Waals surface area contributed by atoms with Crippen molar-refractivity contribution in [3.63, 3.8) is 0 Å². The van der Waals surface area contributed by atoms with Gasteiger partial charge < -0.3 is 15.4 Å². The SMILES string of the molecule is COC(=O)c1c(NC(=O)c2cncs2)sc2c1CCNC2. The number of anilines is 1. The van der Waals surface area contributed by atoms with Gasteiger partial charge in [0, 0.05) is 11.4 Å². The number of amides is 1. The van der Waals surface area contributed by atoms with Crippen LogP contribution in [0.15, 0.2) is 11.7 Å². The molecular weight excluding hydrogens is 310 g/mol. The lowest BCUT2D eigenvalue weighted by atomic mass is 10.0. The number of fused-ring (bicyclic) bond motifs is 1. The van der Waals surface area contributed by atoms with E-state index >= 15 is 0 Å². The second-order valence-electron chi connectivity index (χ2n) is 4.45. The van der Waals surface area contributed by atoms with Gasteiger partial charge in [0.05, 0.1) is 24.4 Å². The molecule has 3 rings (SSSR count). The molecule has 0 saturated carbocycles. The van der Waals surface area contributed by atoms with Gasteiger partial charge in [-0.25, -0.2) is 4.79 Å². The van der Waals surface area contributed by atoms with Crippen LogP contribution >= 0.6 is 22.7 Å². The van der Waals surface area contributed by atoms with Crippen molar-refractivity contribution in [1.82, 2.24) is 10.3 Å². The van der Waals surface area contributed by atoms with Crippen molar-refractivity contribution in [3.05, 3.63) is 32.6 Å². The highest BCUT2D eigenvalue weighted by atomic mass is 32.1. The lowest BCUT2D eigenvalue weighted by Crippen LogP contribution is -2.23. The molecule has 0 spiro atoms. The summed E-state index contributed by atoms with van der Waals surface area (Å²) in [6.45, 7) is 1.52. The third kappa shape index (κ3) is 2.69. The van der Waals surface area contributed by atoms with Crippen LogP contribution in [-0.2, 0) is 17.7 Å². The average molecular weight is 323 g/mol. The molecule has 1 amide bonds. The molecule has 3 heterocycles. The molecule has 21 heavy (non-hydrogen) atoms. The van der Waals surface area contributed by atoms with E-state index in [1.165, 1.54) is 36.0 Å². The highest BCUT2D eigenvalue weighted by Gasteiger charge is 2.27. The van der Waals surface area contributed by atoms with Crippen LogP contribution in [0.5, 0.6) is 0 Å². The number of rotatable bonds is 3. The maximum Gasteiger partial charge on any atom is 0.341 e. The normalized spacial score (nSPS) is 13.6. The molecule has 110 valence electrons. The van der Waals surface area contributed by atoms with Crippen LogP contribution < -0.4 is 10.6 Å². The Kier molecular flexibility index (Phi) is 4.00. The number of aromatic nitrogens is 1. The molecular formula is C13H13N3O3S2. The van der Waals surface area contributed by atoms with Gasteiger partial charge >= 0.3 is 5.97 Å². The molecule has 0 atom stereocenters. The van der Waals surface area contributed by atoms with E-state index < -0.39 is 5.97 Å². The number of carbonyl (C=O) groups excluding carboxylic acids is 2. The lowest BCUT2D eigenvalue weighted by molar-refractivity contribution is 0.0601. The summed E-state index contributed by atoms with van der Waals surface area (Å²) in [5.74, 6) is -0.664. The van der Waals surface area contributed by atoms with Crippen molar-refractivity contribution in [3.8, 4) is 0 Å². The van der Waals surface area contributed by atoms with Crippen molar-refractivity contribution in [2.45, 2.75) is 13.0 Å². The van der Waals surface area contributed by atoms with Crippen LogP contribution in [0.2, 0.25) is 0 Å². The number of hydrogen-bond donors (Lipinski definition) is 2. The number of thiophene rings is 1. The first kappa shape index (κ1) is 14.2. The van der Waals surface area contributed by atoms with Gasteiger partial charge in [-0.2, -0.15) is 0 Å². The monoisotopic (exact) mass is 323 g/mol. The van der Waals surface area contributed by atoms with Gasteiger partial charge in [0.2, 0.25) is 0 Å². The van der Waals surface area contributed by atoms with Crippen molar-refractivity contribution >= 4 is 39.6 Å². The van der Waals surface area contributed by atoms with Crippen LogP contribution in [-0.4, -0.2) is 30.5 Å². The quantitative estimate of drug-likeness (QED) is 0.843. The molecule has 0 aromatic carbocycles. The summed E-state index contributed by atoms with van der Waals surface area (Å²) in [5.41, 5.74) is 3.06. The standard InChI is InChI=1S/C13H13N3O3S2/c1-19-13(18)10-7-2-3-14-4-8(7)21-12(10)16-11(17)9-5-15-6-20-9/h5-6,14H,2-4H2,1H3,(H,16,17). The van der Waals surface area contributed by atoms with Crippen molar-refractivity contribution in [2.75, 3.05) is 19.0 Å². The molecule has 0 saturated heterocycles. The van der Waals surface area contributed by atoms with E-state index in [2.05, 4.69) is 15.6 Å². The molecule has 1 aliphatic heterocycles. The number of hydrogen-bond acceptors (Lipinski definition) is 7. The summed E-state index contributed by atoms with van der Waals surface area (Å²) >= 11 is 2.68. The smallest absolute Gasteiger partial charge is 0.341 e. The van der Waals surface area contributed by atoms with Crippen LogP contribution in [0.4, 0.5) is 5.00 Å². The first-order valence-electron chi connectivity index (χ1n) is 6.34. The Morgan fingerprint density at radius 1 is 1.48 bits per heavy atom. The number of methoxy groups -OCH3 is 1. The maximum absolute atomic E-state index is 12.1. The highest BCUT2D eigenvalue weighted by molar-refractivity contribution is 7.17. The van der Waals surface area contributed by atoms with Crippen molar-refractivity contribution in [1.29, 1.82) is 0 Å². The van der Waals surface area contributed by atoms with Crippen LogP contribution in [0.25, 0.3) is 0 Å². The second-order valence-corrected chi connectivity index (χ2v) is 6.44. The molecule has 1 aliphatic rings. The van der Waals surface area contributed by atoms with E-state index in [4.69, 9.17) is 4.74 Å². The number of carbonyl (C=O) groups is 2. The number of esters is 1. The van der Waals surface area contributed by atoms with Crippen molar-refractivity contribution < 1.29 is 14.3 Å². The van der Waals surface area contributed by atoms with E-state index in [9.17, 15) is 9.59 Å². The van der Waals surface area contributed by atoms with Gasteiger partial charge in [0.25, 0.3) is 5.91 Å². The second kappa shape index (κ2) is 5.92. The van der Waals surface area contributed by atoms with Gasteiger partial charge in [-0.1, -0.05) is 0 Å². The predicted octanol–water partition coefficient (Wildman–Crippen LogP) is 1.89. The topological polar surface area (TPSA) is 80.3 Å². The molecule has 0 unspecified atom stereocenters. The third-order valence-corrected chi connectivity index (χ3v) is 5.12. The Hall–Kier alpha value is -1.77. The largest absolute Gasteiger partial charge is 0.465 e. The Bertz CT molecular complexity index is 679. The molecule has 2 aromatic rings. The maximum atomic E-state index is 12.1. The Morgan fingerprint density at radius 3 is 3.05 bits per heavy atom. The fourth-order valence-corrected chi connectivity index (χ4v) is 3.95. The summed E-state index contributed by atoms with van der Waals surface area (Å²) in [7, 11) is 1.35. The Balaban J connectivity index is 1.95. The minimum absolute atomic E-state index is 0.255. The Labute approximate surface area is 129 Å². The Morgan fingerprint density at radius 2 is 2.33 bits per heavy atom. The molecule has 2 aromatic heterocycles. The summed E-state index contributed by atoms with van der Waals surface area (Å²) < 4.78 is 4.86. The minimum Gasteiger partial charge on any atom is -0.465 e. The summed E-state index contributed by atoms with van der Waals surface area (Å²) in [6.07, 6.45) is 2.26. The van der Waals surface area contributed by atoms with E-state index in [-0.39, 0.29) is 5.91 Å². The minimum atomic E-state index is -0.408. The van der Waals surface area contributed by atoms with Gasteiger partial charge in [0.1, 0.15) is 9.88 Å². The van der Waals surface area contributed by atoms with E-state index in [0.717, 1.165) is 23.4 Å². The van der Waals surface area contributed by atoms with Crippen LogP contribution in [0, 0.1) is 0 Å². The van der Waals surface area contributed by atoms with Gasteiger partial charge in [-0.05, 0) is 18.5 Å². The van der Waals surface area contributed by atoms with E-state index in [0.29, 0.717) is 22.0 Å². The molecule has 0 radical (unpaired) electrons. The van der Waals surface area contributed by atoms with Gasteiger partial charge in [-0.3, -0.25) is 9.78 Å². The third-order valence-electron chi connectivity index (χ3n) is 3.20. The molecule has 0 aliphatic carbocycles. The fourth-order valence-electron chi connectivity index (χ4n) is 2.23. The zero-order chi connectivity index (χ0) is 14.8. The number of ether oxygens (including phenoxy) is 1. The van der Waals surface area contributed by atoms with Crippen LogP contribution in [0.1, 0.15) is 30.5 Å². The summed E-state index contributed by atoms with van der Waals surface area (Å²) in [5, 5.41) is 6.61. The van der Waals surface area contributed by atoms with Crippen molar-refractivity contribution in [2.24, 2.45) is 0 Å². The van der Waals surface area contributed by atoms with E-state index in [1.807, 2.05) is 0 Å². The molecule has 2 N–H and O–H groups in total. The highest BCUT2D eigenvalue weighted by Crippen LogP contribution is 2.36. The number of nitrogens with one attached hydrogen (secondary N) is 2. The van der Waals surface area contributed by atoms with Gasteiger partial charge in [-0.15, -0.1) is 22.7 Å². The lowest BCUT2D eigenvalue weighted by Gasteiger charge is -2.13. The summed E-state index contributed by atoms with van der Waals surface area (Å²) in [4.78, 5) is 29.7.